The Bertz CT molecular complexity index is 944. The Labute approximate surface area is 155 Å². The molecule has 4 heterocycles. The number of aliphatic hydroxyl groups is 1. The molecule has 0 spiro atoms. The molecular weight excluding hydrogens is 348 g/mol. The number of hydrogen-bond donors (Lipinski definition) is 3. The highest BCUT2D eigenvalue weighted by Crippen LogP contribution is 2.34. The van der Waals surface area contributed by atoms with Crippen LogP contribution in [0, 0.1) is 0 Å². The molecule has 3 aromatic heterocycles. The second-order valence-corrected chi connectivity index (χ2v) is 6.47. The van der Waals surface area contributed by atoms with Gasteiger partial charge in [-0.15, -0.1) is 0 Å². The van der Waals surface area contributed by atoms with Crippen molar-refractivity contribution in [2.24, 2.45) is 5.73 Å². The van der Waals surface area contributed by atoms with Gasteiger partial charge in [0, 0.05) is 25.3 Å². The number of aromatic nitrogens is 5. The number of hydrogen-bond acceptors (Lipinski definition) is 9. The zero-order chi connectivity index (χ0) is 18.8. The third kappa shape index (κ3) is 3.36. The first-order valence-electron chi connectivity index (χ1n) is 8.87. The Kier molecular flexibility index (Phi) is 4.73. The lowest BCUT2D eigenvalue weighted by Gasteiger charge is -2.32. The van der Waals surface area contributed by atoms with Gasteiger partial charge in [0.1, 0.15) is 18.5 Å². The fourth-order valence-electron chi connectivity index (χ4n) is 3.39. The van der Waals surface area contributed by atoms with Gasteiger partial charge in [0.25, 0.3) is 0 Å². The van der Waals surface area contributed by atoms with E-state index in [0.29, 0.717) is 11.5 Å². The molecule has 0 amide bonds. The number of nitrogen functional groups attached to an aromatic ring is 1. The molecule has 0 aliphatic carbocycles. The number of fused-ring (bicyclic) bond motifs is 1. The average molecular weight is 370 g/mol. The summed E-state index contributed by atoms with van der Waals surface area (Å²) in [6.45, 7) is 1.67. The van der Waals surface area contributed by atoms with Crippen LogP contribution in [0.5, 0.6) is 6.01 Å². The monoisotopic (exact) mass is 370 g/mol. The maximum atomic E-state index is 8.92. The van der Waals surface area contributed by atoms with E-state index in [9.17, 15) is 0 Å². The lowest BCUT2D eigenvalue weighted by Crippen LogP contribution is -2.42. The highest BCUT2D eigenvalue weighted by molar-refractivity contribution is 5.88. The number of rotatable bonds is 5. The van der Waals surface area contributed by atoms with Gasteiger partial charge >= 0.3 is 6.01 Å². The fourth-order valence-corrected chi connectivity index (χ4v) is 3.39. The summed E-state index contributed by atoms with van der Waals surface area (Å²) in [5.41, 5.74) is 15.4. The molecule has 1 aliphatic heterocycles. The Morgan fingerprint density at radius 3 is 3.04 bits per heavy atom. The minimum Gasteiger partial charge on any atom is -0.461 e. The number of ether oxygens (including phenoxy) is 1. The van der Waals surface area contributed by atoms with Gasteiger partial charge in [-0.2, -0.15) is 10.1 Å². The van der Waals surface area contributed by atoms with Crippen molar-refractivity contribution in [3.63, 3.8) is 0 Å². The van der Waals surface area contributed by atoms with Crippen molar-refractivity contribution in [1.82, 2.24) is 24.6 Å². The Balaban J connectivity index is 1.81. The lowest BCUT2D eigenvalue weighted by molar-refractivity contribution is 0.191. The quantitative estimate of drug-likeness (QED) is 0.569. The number of piperidine rings is 1. The molecular formula is C17H22N8O2. The van der Waals surface area contributed by atoms with Crippen molar-refractivity contribution in [2.75, 3.05) is 36.9 Å². The third-order valence-corrected chi connectivity index (χ3v) is 4.58. The zero-order valence-corrected chi connectivity index (χ0v) is 14.8. The summed E-state index contributed by atoms with van der Waals surface area (Å²) in [5.74, 6) is 0.399. The van der Waals surface area contributed by atoms with E-state index in [1.165, 1.54) is 6.33 Å². The van der Waals surface area contributed by atoms with E-state index in [0.717, 1.165) is 42.8 Å². The van der Waals surface area contributed by atoms with Crippen LogP contribution in [0.25, 0.3) is 16.9 Å². The summed E-state index contributed by atoms with van der Waals surface area (Å²) in [4.78, 5) is 14.9. The Morgan fingerprint density at radius 2 is 2.22 bits per heavy atom. The molecule has 0 radical (unpaired) electrons. The molecule has 27 heavy (non-hydrogen) atoms. The van der Waals surface area contributed by atoms with Crippen molar-refractivity contribution in [3.05, 3.63) is 24.7 Å². The summed E-state index contributed by atoms with van der Waals surface area (Å²) in [6.07, 6.45) is 5.06. The Hall–Kier alpha value is -2.98. The molecule has 5 N–H and O–H groups in total. The second kappa shape index (κ2) is 7.33. The molecule has 1 aliphatic rings. The van der Waals surface area contributed by atoms with Crippen LogP contribution < -0.4 is 21.1 Å². The summed E-state index contributed by atoms with van der Waals surface area (Å²) in [5, 5.41) is 13.3. The predicted octanol–water partition coefficient (Wildman–Crippen LogP) is 0.0671. The second-order valence-electron chi connectivity index (χ2n) is 6.47. The van der Waals surface area contributed by atoms with Crippen molar-refractivity contribution < 1.29 is 9.84 Å². The molecule has 1 saturated heterocycles. The molecule has 1 fully saturated rings. The van der Waals surface area contributed by atoms with Gasteiger partial charge in [-0.3, -0.25) is 0 Å². The van der Waals surface area contributed by atoms with Crippen LogP contribution in [0.1, 0.15) is 12.8 Å². The van der Waals surface area contributed by atoms with E-state index in [1.807, 2.05) is 6.07 Å². The van der Waals surface area contributed by atoms with Crippen molar-refractivity contribution >= 4 is 17.0 Å². The van der Waals surface area contributed by atoms with Crippen LogP contribution in [0.4, 0.5) is 11.5 Å². The number of nitrogens with zero attached hydrogens (tertiary/aromatic N) is 6. The van der Waals surface area contributed by atoms with Gasteiger partial charge in [-0.25, -0.2) is 14.5 Å². The predicted molar refractivity (Wildman–Crippen MR) is 100 cm³/mol. The van der Waals surface area contributed by atoms with Crippen LogP contribution in [0.15, 0.2) is 24.7 Å². The molecule has 0 aromatic carbocycles. The normalized spacial score (nSPS) is 17.4. The first-order chi connectivity index (χ1) is 13.2. The molecule has 10 heteroatoms. The molecule has 1 atom stereocenters. The maximum absolute atomic E-state index is 8.92. The van der Waals surface area contributed by atoms with Crippen LogP contribution in [0.3, 0.4) is 0 Å². The largest absolute Gasteiger partial charge is 0.461 e. The van der Waals surface area contributed by atoms with Gasteiger partial charge in [0.15, 0.2) is 5.82 Å². The average Bonchev–Trinajstić information content (AvgIpc) is 3.08. The maximum Gasteiger partial charge on any atom is 0.317 e. The van der Waals surface area contributed by atoms with Crippen molar-refractivity contribution in [3.8, 4) is 17.4 Å². The third-order valence-electron chi connectivity index (χ3n) is 4.58. The van der Waals surface area contributed by atoms with Crippen LogP contribution in [-0.2, 0) is 0 Å². The van der Waals surface area contributed by atoms with E-state index in [4.69, 9.17) is 21.3 Å². The lowest BCUT2D eigenvalue weighted by atomic mass is 10.1. The summed E-state index contributed by atoms with van der Waals surface area (Å²) in [6, 6.07) is 4.09. The van der Waals surface area contributed by atoms with Crippen LogP contribution >= 0.6 is 0 Å². The summed E-state index contributed by atoms with van der Waals surface area (Å²) in [7, 11) is 0. The van der Waals surface area contributed by atoms with E-state index in [-0.39, 0.29) is 25.3 Å². The SMILES string of the molecule is Nc1ncnn2c(-c3ccnc(OCCO)n3)cc(N3CCCC(N)C3)c12. The van der Waals surface area contributed by atoms with Crippen LogP contribution in [0.2, 0.25) is 0 Å². The minimum absolute atomic E-state index is 0.106. The molecule has 3 aromatic rings. The first-order valence-corrected chi connectivity index (χ1v) is 8.87. The topological polar surface area (TPSA) is 141 Å². The van der Waals surface area contributed by atoms with Crippen molar-refractivity contribution in [2.45, 2.75) is 18.9 Å². The molecule has 142 valence electrons. The van der Waals surface area contributed by atoms with Crippen LogP contribution in [-0.4, -0.2) is 62.0 Å². The van der Waals surface area contributed by atoms with E-state index in [1.54, 1.807) is 16.8 Å². The smallest absolute Gasteiger partial charge is 0.317 e. The van der Waals surface area contributed by atoms with E-state index < -0.39 is 0 Å². The van der Waals surface area contributed by atoms with Gasteiger partial charge in [0.05, 0.1) is 23.7 Å². The van der Waals surface area contributed by atoms with Gasteiger partial charge in [-0.1, -0.05) is 0 Å². The minimum atomic E-state index is -0.106. The van der Waals surface area contributed by atoms with Gasteiger partial charge in [-0.05, 0) is 25.0 Å². The number of aliphatic hydroxyl groups excluding tert-OH is 1. The highest BCUT2D eigenvalue weighted by Gasteiger charge is 2.24. The molecule has 0 saturated carbocycles. The van der Waals surface area contributed by atoms with E-state index in [2.05, 4.69) is 25.0 Å². The van der Waals surface area contributed by atoms with E-state index >= 15 is 0 Å². The summed E-state index contributed by atoms with van der Waals surface area (Å²) >= 11 is 0. The highest BCUT2D eigenvalue weighted by atomic mass is 16.5. The zero-order valence-electron chi connectivity index (χ0n) is 14.8. The molecule has 0 bridgehead atoms. The fraction of sp³-hybridized carbons (Fsp3) is 0.412. The molecule has 1 unspecified atom stereocenters. The molecule has 10 nitrogen and oxygen atoms in total. The van der Waals surface area contributed by atoms with Gasteiger partial charge in [0.2, 0.25) is 0 Å². The summed E-state index contributed by atoms with van der Waals surface area (Å²) < 4.78 is 7.06. The standard InChI is InChI=1S/C17H22N8O2/c18-11-2-1-5-24(9-11)14-8-13(25-15(14)16(19)21-10-22-25)12-3-4-20-17(23-12)27-7-6-26/h3-4,8,10-11,26H,1-2,5-7,9,18H2,(H2,19,21,22). The number of anilines is 2. The van der Waals surface area contributed by atoms with Crippen molar-refractivity contribution in [1.29, 1.82) is 0 Å². The number of nitrogens with two attached hydrogens (primary N) is 2. The first kappa shape index (κ1) is 17.4. The van der Waals surface area contributed by atoms with Gasteiger partial charge < -0.3 is 26.2 Å². The molecule has 4 rings (SSSR count). The Morgan fingerprint density at radius 1 is 1.33 bits per heavy atom.